The molecule has 0 aliphatic carbocycles. The number of benzene rings is 1. The summed E-state index contributed by atoms with van der Waals surface area (Å²) in [6.45, 7) is 13.5. The van der Waals surface area contributed by atoms with Crippen molar-refractivity contribution in [1.82, 2.24) is 25.5 Å². The number of hydrogen-bond acceptors (Lipinski definition) is 13. The number of ether oxygens (including phenoxy) is 2. The molecular formula is C51H76N6O12. The van der Waals surface area contributed by atoms with E-state index in [9.17, 15) is 48.7 Å². The number of hydroxylamine groups is 2. The summed E-state index contributed by atoms with van der Waals surface area (Å²) in [4.78, 5) is 112. The van der Waals surface area contributed by atoms with Gasteiger partial charge in [-0.1, -0.05) is 83.9 Å². The highest BCUT2D eigenvalue weighted by molar-refractivity contribution is 6.02. The van der Waals surface area contributed by atoms with Crippen LogP contribution in [-0.2, 0) is 59.1 Å². The van der Waals surface area contributed by atoms with Crippen molar-refractivity contribution in [1.29, 1.82) is 5.26 Å². The molecular weight excluding hydrogens is 889 g/mol. The van der Waals surface area contributed by atoms with Crippen LogP contribution in [0.4, 0.5) is 0 Å². The number of amides is 5. The number of imide groups is 1. The minimum absolute atomic E-state index is 0.00637. The molecule has 18 heteroatoms. The molecule has 2 aliphatic heterocycles. The highest BCUT2D eigenvalue weighted by atomic mass is 16.7. The van der Waals surface area contributed by atoms with Crippen LogP contribution >= 0.6 is 0 Å². The van der Waals surface area contributed by atoms with Gasteiger partial charge in [0.25, 0.3) is 11.8 Å². The number of likely N-dealkylation sites (N-methyl/N-ethyl adjacent to an activating group) is 1. The second-order valence-corrected chi connectivity index (χ2v) is 19.0. The lowest BCUT2D eigenvalue weighted by Gasteiger charge is -2.36. The number of nitrogens with one attached hydrogen (secondary N) is 2. The Morgan fingerprint density at radius 3 is 2.16 bits per heavy atom. The monoisotopic (exact) mass is 965 g/mol. The number of nitriles is 1. The van der Waals surface area contributed by atoms with Gasteiger partial charge < -0.3 is 35.0 Å². The topological polar surface area (TPSA) is 242 Å². The maximum absolute atomic E-state index is 14.3. The number of carbonyl (C=O) groups excluding carboxylic acids is 7. The van der Waals surface area contributed by atoms with Crippen LogP contribution in [0.1, 0.15) is 118 Å². The van der Waals surface area contributed by atoms with Gasteiger partial charge in [0.1, 0.15) is 12.1 Å². The molecule has 3 rings (SSSR count). The van der Waals surface area contributed by atoms with E-state index < -0.39 is 83.8 Å². The molecule has 0 saturated carbocycles. The van der Waals surface area contributed by atoms with Crippen LogP contribution in [0.15, 0.2) is 42.0 Å². The lowest BCUT2D eigenvalue weighted by Crippen LogP contribution is -2.54. The molecule has 0 aromatic heterocycles. The van der Waals surface area contributed by atoms with Crippen LogP contribution in [0.2, 0.25) is 0 Å². The van der Waals surface area contributed by atoms with E-state index in [1.807, 2.05) is 39.8 Å². The van der Waals surface area contributed by atoms with Gasteiger partial charge in [-0.3, -0.25) is 33.7 Å². The number of rotatable bonds is 29. The second kappa shape index (κ2) is 28.2. The van der Waals surface area contributed by atoms with Crippen LogP contribution < -0.4 is 10.6 Å². The Morgan fingerprint density at radius 2 is 1.59 bits per heavy atom. The minimum atomic E-state index is -1.16. The predicted molar refractivity (Wildman–Crippen MR) is 255 cm³/mol. The number of nitrogens with zero attached hydrogens (tertiary/aromatic N) is 4. The standard InChI is InChI=1S/C51H76N6O12/c1-11-32(4)37(40(67-9)29-43(60)56-26-18-21-39(56)48(68-10)35(7)49(63)53-38(51(65)66)28-36-19-14-12-15-20-36)27-33(5)47(62)45(31(2)3)54-50(64)46(34(6)30-52)55(8)25-17-13-16-22-44(61)69-57-41(58)23-24-42(57)59/h12,14-15,19-20,27,31-32,34-35,37-40,45-46,48H,11,13,16-18,21-26,28-29H2,1-10H3,(H,53,63)(H,54,64)(H,65,66)/b33-27+/t32?,34?,35-,37?,38+,39+,40?,45+,46+,48-/m1/s1. The first kappa shape index (κ1) is 57.8. The molecule has 69 heavy (non-hydrogen) atoms. The van der Waals surface area contributed by atoms with Gasteiger partial charge in [0, 0.05) is 52.4 Å². The first-order valence-electron chi connectivity index (χ1n) is 24.3. The molecule has 1 aromatic carbocycles. The van der Waals surface area contributed by atoms with Crippen molar-refractivity contribution in [3.8, 4) is 6.07 Å². The number of methoxy groups -OCH3 is 2. The van der Waals surface area contributed by atoms with Gasteiger partial charge >= 0.3 is 11.9 Å². The van der Waals surface area contributed by atoms with Crippen LogP contribution in [0.25, 0.3) is 0 Å². The number of carboxylic acid groups (broad SMARTS) is 1. The number of unbranched alkanes of at least 4 members (excludes halogenated alkanes) is 2. The number of likely N-dealkylation sites (tertiary alicyclic amines) is 1. The summed E-state index contributed by atoms with van der Waals surface area (Å²) in [6.07, 6.45) is 4.06. The fourth-order valence-corrected chi connectivity index (χ4v) is 9.24. The molecule has 0 radical (unpaired) electrons. The average molecular weight is 965 g/mol. The number of aliphatic carboxylic acids is 1. The lowest BCUT2D eigenvalue weighted by atomic mass is 9.82. The highest BCUT2D eigenvalue weighted by Crippen LogP contribution is 2.31. The molecule has 0 bridgehead atoms. The zero-order valence-corrected chi connectivity index (χ0v) is 42.2. The van der Waals surface area contributed by atoms with E-state index in [-0.39, 0.29) is 61.5 Å². The Bertz CT molecular complexity index is 1990. The number of carboxylic acids is 1. The average Bonchev–Trinajstić information content (AvgIpc) is 3.93. The first-order chi connectivity index (χ1) is 32.7. The minimum Gasteiger partial charge on any atom is -0.480 e. The van der Waals surface area contributed by atoms with Gasteiger partial charge in [-0.05, 0) is 76.1 Å². The first-order valence-corrected chi connectivity index (χ1v) is 24.3. The molecule has 5 amide bonds. The molecule has 2 heterocycles. The van der Waals surface area contributed by atoms with Crippen molar-refractivity contribution < 1.29 is 57.8 Å². The summed E-state index contributed by atoms with van der Waals surface area (Å²) in [5, 5.41) is 26.0. The van der Waals surface area contributed by atoms with Crippen LogP contribution in [0.3, 0.4) is 0 Å². The summed E-state index contributed by atoms with van der Waals surface area (Å²) < 4.78 is 11.9. The molecule has 10 atom stereocenters. The largest absolute Gasteiger partial charge is 0.480 e. The van der Waals surface area contributed by atoms with E-state index in [0.717, 1.165) is 5.56 Å². The van der Waals surface area contributed by atoms with Crippen molar-refractivity contribution in [2.24, 2.45) is 29.6 Å². The lowest BCUT2D eigenvalue weighted by molar-refractivity contribution is -0.197. The van der Waals surface area contributed by atoms with E-state index in [1.54, 1.807) is 61.9 Å². The summed E-state index contributed by atoms with van der Waals surface area (Å²) in [6, 6.07) is 7.75. The van der Waals surface area contributed by atoms with E-state index in [2.05, 4.69) is 16.7 Å². The Hall–Kier alpha value is -5.51. The van der Waals surface area contributed by atoms with E-state index >= 15 is 0 Å². The van der Waals surface area contributed by atoms with Gasteiger partial charge in [0.05, 0.1) is 48.6 Å². The normalized spacial score (nSPS) is 19.2. The number of Topliss-reactive ketones (excluding diaryl/α,β-unsaturated/α-hetero) is 1. The zero-order chi connectivity index (χ0) is 51.5. The van der Waals surface area contributed by atoms with E-state index in [4.69, 9.17) is 14.3 Å². The maximum Gasteiger partial charge on any atom is 0.333 e. The highest BCUT2D eigenvalue weighted by Gasteiger charge is 2.42. The van der Waals surface area contributed by atoms with Crippen LogP contribution in [0.5, 0.6) is 0 Å². The smallest absolute Gasteiger partial charge is 0.333 e. The second-order valence-electron chi connectivity index (χ2n) is 19.0. The van der Waals surface area contributed by atoms with E-state index in [0.29, 0.717) is 62.3 Å². The number of carbonyl (C=O) groups is 8. The molecule has 4 unspecified atom stereocenters. The van der Waals surface area contributed by atoms with Crippen molar-refractivity contribution in [2.75, 3.05) is 34.4 Å². The summed E-state index contributed by atoms with van der Waals surface area (Å²) in [5.41, 5.74) is 1.15. The molecule has 2 saturated heterocycles. The third-order valence-electron chi connectivity index (χ3n) is 13.6. The maximum atomic E-state index is 14.3. The Balaban J connectivity index is 1.70. The predicted octanol–water partition coefficient (Wildman–Crippen LogP) is 4.79. The molecule has 2 fully saturated rings. The molecule has 382 valence electrons. The summed E-state index contributed by atoms with van der Waals surface area (Å²) in [5.74, 6) is -6.71. The third-order valence-corrected chi connectivity index (χ3v) is 13.6. The molecule has 18 nitrogen and oxygen atoms in total. The molecule has 3 N–H and O–H groups in total. The fraction of sp³-hybridized carbons (Fsp3) is 0.667. The molecule has 0 spiro atoms. The van der Waals surface area contributed by atoms with Crippen LogP contribution in [0, 0.1) is 40.9 Å². The van der Waals surface area contributed by atoms with Crippen molar-refractivity contribution in [2.45, 2.75) is 155 Å². The Morgan fingerprint density at radius 1 is 0.942 bits per heavy atom. The quantitative estimate of drug-likeness (QED) is 0.0556. The summed E-state index contributed by atoms with van der Waals surface area (Å²) >= 11 is 0. The molecule has 1 aromatic rings. The van der Waals surface area contributed by atoms with Crippen LogP contribution in [-0.4, -0.2) is 138 Å². The number of hydrogen-bond donors (Lipinski definition) is 3. The van der Waals surface area contributed by atoms with Gasteiger partial charge in [-0.2, -0.15) is 5.26 Å². The Labute approximate surface area is 407 Å². The third kappa shape index (κ3) is 16.6. The fourth-order valence-electron chi connectivity index (χ4n) is 9.24. The van der Waals surface area contributed by atoms with Gasteiger partial charge in [0.2, 0.25) is 17.7 Å². The van der Waals surface area contributed by atoms with Crippen molar-refractivity contribution in [3.63, 3.8) is 0 Å². The van der Waals surface area contributed by atoms with Crippen molar-refractivity contribution >= 4 is 47.3 Å². The van der Waals surface area contributed by atoms with Gasteiger partial charge in [0.15, 0.2) is 5.78 Å². The van der Waals surface area contributed by atoms with Gasteiger partial charge in [-0.25, -0.2) is 9.59 Å². The Kier molecular flexibility index (Phi) is 23.6. The SMILES string of the molecule is CCC(C)C(/C=C(\C)C(=O)[C@@H](NC(=O)[C@H](C(C)C#N)N(C)CCCCCC(=O)ON1C(=O)CCC1=O)C(C)C)C(CC(=O)N1CCC[C@H]1[C@H](OC)[C@@H](C)C(=O)N[C@@H](Cc1ccccc1)C(=O)O)OC. The van der Waals surface area contributed by atoms with Gasteiger partial charge in [-0.15, -0.1) is 5.06 Å². The summed E-state index contributed by atoms with van der Waals surface area (Å²) in [7, 11) is 4.73. The van der Waals surface area contributed by atoms with Crippen molar-refractivity contribution in [3.05, 3.63) is 47.5 Å². The zero-order valence-electron chi connectivity index (χ0n) is 42.2. The molecule has 2 aliphatic rings. The number of ketones is 1. The van der Waals surface area contributed by atoms with E-state index in [1.165, 1.54) is 14.2 Å².